The molecule has 0 amide bonds. The third-order valence-electron chi connectivity index (χ3n) is 10.8. The van der Waals surface area contributed by atoms with Crippen LogP contribution in [0.15, 0.2) is 0 Å². The number of hydrogen-bond acceptors (Lipinski definition) is 13. The Labute approximate surface area is 306 Å². The Balaban J connectivity index is 1.76. The fourth-order valence-electron chi connectivity index (χ4n) is 7.63. The number of rotatable bonds is 26. The van der Waals surface area contributed by atoms with Crippen molar-refractivity contribution in [2.24, 2.45) is 5.92 Å². The van der Waals surface area contributed by atoms with Crippen molar-refractivity contribution in [3.05, 3.63) is 0 Å². The number of likely N-dealkylation sites (N-methyl/N-ethyl adjacent to an activating group) is 2. The van der Waals surface area contributed by atoms with E-state index >= 15 is 0 Å². The van der Waals surface area contributed by atoms with Crippen LogP contribution in [0.1, 0.15) is 38.5 Å². The molecule has 0 aromatic heterocycles. The molecule has 13 heteroatoms. The standard InChI is InChI=1S/C37H77N7O6/c1-38(2)15-9-14-37(41(7)8,32-43-20-27-46-28-21-43)34(13-17-42-18-25-45-26-19-42)11-12-35(44-22-29-47-30-23-44)49-33-50-36(40(5)6)31-48-24-10-16-39(3)4/h34-36H,9-33H2,1-8H3. The fraction of sp³-hybridized carbons (Fsp3) is 1.00. The van der Waals surface area contributed by atoms with Gasteiger partial charge >= 0.3 is 0 Å². The average Bonchev–Trinajstić information content (AvgIpc) is 3.10. The maximum Gasteiger partial charge on any atom is 0.151 e. The highest BCUT2D eigenvalue weighted by molar-refractivity contribution is 4.98. The summed E-state index contributed by atoms with van der Waals surface area (Å²) in [5, 5.41) is 0. The molecule has 50 heavy (non-hydrogen) atoms. The molecule has 3 rings (SSSR count). The van der Waals surface area contributed by atoms with Gasteiger partial charge in [0.15, 0.2) is 6.79 Å². The molecule has 3 fully saturated rings. The second-order valence-electron chi connectivity index (χ2n) is 15.5. The normalized spacial score (nSPS) is 22.1. The van der Waals surface area contributed by atoms with Crippen molar-refractivity contribution >= 4 is 0 Å². The van der Waals surface area contributed by atoms with Gasteiger partial charge in [-0.3, -0.25) is 19.6 Å². The molecule has 4 atom stereocenters. The molecule has 3 aliphatic heterocycles. The van der Waals surface area contributed by atoms with Crippen LogP contribution in [0.3, 0.4) is 0 Å². The van der Waals surface area contributed by atoms with E-state index in [1.165, 1.54) is 6.42 Å². The topological polar surface area (TPSA) is 78.1 Å². The molecule has 3 aliphatic rings. The summed E-state index contributed by atoms with van der Waals surface area (Å²) in [5.41, 5.74) is 0.0334. The minimum Gasteiger partial charge on any atom is -0.379 e. The Morgan fingerprint density at radius 3 is 1.82 bits per heavy atom. The van der Waals surface area contributed by atoms with Crippen molar-refractivity contribution in [3.8, 4) is 0 Å². The molecule has 296 valence electrons. The summed E-state index contributed by atoms with van der Waals surface area (Å²) in [4.78, 5) is 16.9. The highest BCUT2D eigenvalue weighted by Gasteiger charge is 2.42. The van der Waals surface area contributed by atoms with Crippen LogP contribution in [0, 0.1) is 5.92 Å². The van der Waals surface area contributed by atoms with Crippen LogP contribution in [-0.2, 0) is 28.4 Å². The average molecular weight is 716 g/mol. The van der Waals surface area contributed by atoms with Gasteiger partial charge < -0.3 is 43.1 Å². The molecular formula is C37H77N7O6. The summed E-state index contributed by atoms with van der Waals surface area (Å²) in [7, 11) is 17.3. The van der Waals surface area contributed by atoms with Crippen LogP contribution in [0.25, 0.3) is 0 Å². The Morgan fingerprint density at radius 1 is 0.660 bits per heavy atom. The monoisotopic (exact) mass is 716 g/mol. The summed E-state index contributed by atoms with van der Waals surface area (Å²) < 4.78 is 36.3. The van der Waals surface area contributed by atoms with Crippen molar-refractivity contribution in [2.45, 2.75) is 56.5 Å². The molecule has 3 saturated heterocycles. The van der Waals surface area contributed by atoms with E-state index in [9.17, 15) is 0 Å². The van der Waals surface area contributed by atoms with Gasteiger partial charge in [0.1, 0.15) is 12.5 Å². The molecule has 0 spiro atoms. The lowest BCUT2D eigenvalue weighted by Crippen LogP contribution is -2.60. The number of morpholine rings is 3. The first kappa shape index (κ1) is 43.9. The molecule has 0 N–H and O–H groups in total. The molecule has 13 nitrogen and oxygen atoms in total. The van der Waals surface area contributed by atoms with E-state index in [1.807, 2.05) is 14.1 Å². The van der Waals surface area contributed by atoms with E-state index in [4.69, 9.17) is 28.4 Å². The van der Waals surface area contributed by atoms with Crippen molar-refractivity contribution in [2.75, 3.05) is 181 Å². The maximum atomic E-state index is 6.69. The first-order valence-electron chi connectivity index (χ1n) is 19.5. The van der Waals surface area contributed by atoms with Gasteiger partial charge in [0.25, 0.3) is 0 Å². The Hall–Kier alpha value is -0.520. The highest BCUT2D eigenvalue weighted by atomic mass is 16.7. The molecule has 0 saturated carbocycles. The summed E-state index contributed by atoms with van der Waals surface area (Å²) in [6.07, 6.45) is 6.35. The van der Waals surface area contributed by atoms with Gasteiger partial charge in [-0.05, 0) is 120 Å². The van der Waals surface area contributed by atoms with Crippen LogP contribution in [0.4, 0.5) is 0 Å². The predicted octanol–water partition coefficient (Wildman–Crippen LogP) is 1.58. The third-order valence-corrected chi connectivity index (χ3v) is 10.8. The quantitative estimate of drug-likeness (QED) is 0.0963. The molecule has 3 heterocycles. The molecule has 0 aromatic carbocycles. The fourth-order valence-corrected chi connectivity index (χ4v) is 7.63. The van der Waals surface area contributed by atoms with Crippen LogP contribution < -0.4 is 0 Å². The maximum absolute atomic E-state index is 6.69. The SMILES string of the molecule is CN(C)CCCOCC(OCOC(CCC(CCN1CCOCC1)C(CCCN(C)C)(CN1CCOCC1)N(C)C)N1CCOCC1)N(C)C. The summed E-state index contributed by atoms with van der Waals surface area (Å²) in [6.45, 7) is 16.4. The van der Waals surface area contributed by atoms with E-state index in [-0.39, 0.29) is 24.8 Å². The molecule has 0 bridgehead atoms. The zero-order chi connectivity index (χ0) is 36.2. The van der Waals surface area contributed by atoms with Crippen LogP contribution in [0.2, 0.25) is 0 Å². The third kappa shape index (κ3) is 16.2. The molecular weight excluding hydrogens is 638 g/mol. The van der Waals surface area contributed by atoms with Crippen molar-refractivity contribution in [1.29, 1.82) is 0 Å². The number of nitrogens with zero attached hydrogens (tertiary/aromatic N) is 7. The first-order chi connectivity index (χ1) is 24.1. The lowest BCUT2D eigenvalue weighted by atomic mass is 9.73. The van der Waals surface area contributed by atoms with E-state index in [0.29, 0.717) is 12.5 Å². The summed E-state index contributed by atoms with van der Waals surface area (Å²) >= 11 is 0. The Bertz CT molecular complexity index is 841. The van der Waals surface area contributed by atoms with Gasteiger partial charge in [-0.1, -0.05) is 0 Å². The Kier molecular flexibility index (Phi) is 21.7. The zero-order valence-electron chi connectivity index (χ0n) is 33.5. The number of hydrogen-bond donors (Lipinski definition) is 0. The Morgan fingerprint density at radius 2 is 1.24 bits per heavy atom. The first-order valence-corrected chi connectivity index (χ1v) is 19.5. The van der Waals surface area contributed by atoms with E-state index in [0.717, 1.165) is 144 Å². The smallest absolute Gasteiger partial charge is 0.151 e. The van der Waals surface area contributed by atoms with E-state index < -0.39 is 0 Å². The van der Waals surface area contributed by atoms with E-state index in [1.54, 1.807) is 0 Å². The summed E-state index contributed by atoms with van der Waals surface area (Å²) in [6, 6.07) is 0. The van der Waals surface area contributed by atoms with Crippen molar-refractivity contribution in [1.82, 2.24) is 34.3 Å². The van der Waals surface area contributed by atoms with E-state index in [2.05, 4.69) is 76.6 Å². The van der Waals surface area contributed by atoms with Gasteiger partial charge in [0, 0.05) is 58.0 Å². The van der Waals surface area contributed by atoms with Crippen LogP contribution >= 0.6 is 0 Å². The van der Waals surface area contributed by atoms with Gasteiger partial charge in [0.05, 0.1) is 46.2 Å². The zero-order valence-corrected chi connectivity index (χ0v) is 33.5. The van der Waals surface area contributed by atoms with Gasteiger partial charge in [-0.2, -0.15) is 0 Å². The van der Waals surface area contributed by atoms with Gasteiger partial charge in [-0.25, -0.2) is 0 Å². The van der Waals surface area contributed by atoms with Crippen molar-refractivity contribution < 1.29 is 28.4 Å². The summed E-state index contributed by atoms with van der Waals surface area (Å²) in [5.74, 6) is 0.489. The minimum atomic E-state index is -0.160. The van der Waals surface area contributed by atoms with Gasteiger partial charge in [-0.15, -0.1) is 0 Å². The molecule has 4 unspecified atom stereocenters. The molecule has 0 aromatic rings. The highest BCUT2D eigenvalue weighted by Crippen LogP contribution is 2.37. The minimum absolute atomic E-state index is 0.0290. The number of ether oxygens (including phenoxy) is 6. The van der Waals surface area contributed by atoms with Crippen LogP contribution in [-0.4, -0.2) is 234 Å². The second kappa shape index (κ2) is 24.7. The molecule has 0 aliphatic carbocycles. The van der Waals surface area contributed by atoms with Gasteiger partial charge in [0.2, 0.25) is 0 Å². The van der Waals surface area contributed by atoms with Crippen LogP contribution in [0.5, 0.6) is 0 Å². The lowest BCUT2D eigenvalue weighted by molar-refractivity contribution is -0.202. The van der Waals surface area contributed by atoms with Crippen molar-refractivity contribution in [3.63, 3.8) is 0 Å². The molecule has 0 radical (unpaired) electrons. The largest absolute Gasteiger partial charge is 0.379 e. The predicted molar refractivity (Wildman–Crippen MR) is 201 cm³/mol. The second-order valence-corrected chi connectivity index (χ2v) is 15.5. The lowest BCUT2D eigenvalue weighted by Gasteiger charge is -2.50.